The number of carbonyl (C=O) groups excluding carboxylic acids is 2. The van der Waals surface area contributed by atoms with Gasteiger partial charge < -0.3 is 15.4 Å². The van der Waals surface area contributed by atoms with Crippen molar-refractivity contribution in [1.29, 1.82) is 0 Å². The van der Waals surface area contributed by atoms with Crippen molar-refractivity contribution in [2.45, 2.75) is 32.5 Å². The number of aromatic nitrogens is 2. The number of primary amides is 1. The number of aryl methyl sites for hydroxylation is 1. The molecule has 1 aliphatic heterocycles. The van der Waals surface area contributed by atoms with E-state index in [4.69, 9.17) is 10.5 Å². The van der Waals surface area contributed by atoms with Crippen LogP contribution in [0.3, 0.4) is 0 Å². The molecule has 0 spiro atoms. The molecule has 0 atom stereocenters. The molecular formula is C29H27F3N4O3. The van der Waals surface area contributed by atoms with Gasteiger partial charge >= 0.3 is 6.18 Å². The number of hydrogen-bond donors (Lipinski definition) is 1. The fourth-order valence-corrected chi connectivity index (χ4v) is 4.92. The summed E-state index contributed by atoms with van der Waals surface area (Å²) in [5, 5.41) is 5.55. The minimum atomic E-state index is -4.40. The predicted molar refractivity (Wildman–Crippen MR) is 140 cm³/mol. The number of nitrogens with two attached hydrogens (primary N) is 1. The monoisotopic (exact) mass is 536 g/mol. The number of nitrogens with zero attached hydrogens (tertiary/aromatic N) is 3. The lowest BCUT2D eigenvalue weighted by atomic mass is 9.96. The van der Waals surface area contributed by atoms with Crippen LogP contribution < -0.4 is 10.5 Å². The molecule has 202 valence electrons. The van der Waals surface area contributed by atoms with Gasteiger partial charge in [-0.3, -0.25) is 14.3 Å². The maximum atomic E-state index is 13.0. The molecule has 0 radical (unpaired) electrons. The molecule has 10 heteroatoms. The van der Waals surface area contributed by atoms with Crippen LogP contribution in [0.2, 0.25) is 0 Å². The largest absolute Gasteiger partial charge is 0.457 e. The standard InChI is InChI=1S/C29H27F3N4O3/c1-18-24(27(33)37)10-11-26-25(18)17-36(34-26)16-19-12-14-35(15-13-19)28(38)20-2-6-22(7-3-20)39-23-8-4-21(5-9-23)29(30,31)32/h2-11,17,19H,12-16H2,1H3,(H2,33,37). The summed E-state index contributed by atoms with van der Waals surface area (Å²) in [6, 6.07) is 14.5. The predicted octanol–water partition coefficient (Wildman–Crippen LogP) is 5.81. The second-order valence-electron chi connectivity index (χ2n) is 9.77. The Morgan fingerprint density at radius 3 is 2.18 bits per heavy atom. The molecule has 3 aromatic carbocycles. The number of amides is 2. The molecule has 2 heterocycles. The Bertz CT molecular complexity index is 1500. The van der Waals surface area contributed by atoms with Gasteiger partial charge in [0, 0.05) is 42.3 Å². The highest BCUT2D eigenvalue weighted by molar-refractivity contribution is 5.99. The number of rotatable bonds is 6. The van der Waals surface area contributed by atoms with Crippen LogP contribution in [0.25, 0.3) is 10.9 Å². The van der Waals surface area contributed by atoms with E-state index in [0.717, 1.165) is 48.0 Å². The summed E-state index contributed by atoms with van der Waals surface area (Å²) in [5.41, 5.74) is 7.37. The van der Waals surface area contributed by atoms with E-state index >= 15 is 0 Å². The minimum Gasteiger partial charge on any atom is -0.457 e. The average Bonchev–Trinajstić information content (AvgIpc) is 3.32. The summed E-state index contributed by atoms with van der Waals surface area (Å²) in [6.07, 6.45) is -0.784. The number of likely N-dealkylation sites (tertiary alicyclic amines) is 1. The topological polar surface area (TPSA) is 90.5 Å². The van der Waals surface area contributed by atoms with Crippen LogP contribution in [0.4, 0.5) is 13.2 Å². The van der Waals surface area contributed by atoms with E-state index < -0.39 is 17.6 Å². The zero-order valence-electron chi connectivity index (χ0n) is 21.2. The Labute approximate surface area is 223 Å². The van der Waals surface area contributed by atoms with E-state index in [1.165, 1.54) is 12.1 Å². The number of fused-ring (bicyclic) bond motifs is 1. The number of benzene rings is 3. The van der Waals surface area contributed by atoms with Crippen molar-refractivity contribution in [2.75, 3.05) is 13.1 Å². The van der Waals surface area contributed by atoms with E-state index in [1.54, 1.807) is 36.4 Å². The lowest BCUT2D eigenvalue weighted by molar-refractivity contribution is -0.137. The fourth-order valence-electron chi connectivity index (χ4n) is 4.92. The highest BCUT2D eigenvalue weighted by Crippen LogP contribution is 2.31. The second-order valence-corrected chi connectivity index (χ2v) is 9.77. The molecule has 1 saturated heterocycles. The van der Waals surface area contributed by atoms with Crippen LogP contribution in [0.5, 0.6) is 11.5 Å². The molecule has 0 unspecified atom stereocenters. The lowest BCUT2D eigenvalue weighted by Gasteiger charge is -2.32. The molecule has 4 aromatic rings. The fraction of sp³-hybridized carbons (Fsp3) is 0.276. The van der Waals surface area contributed by atoms with Crippen LogP contribution in [0.15, 0.2) is 66.9 Å². The molecular weight excluding hydrogens is 509 g/mol. The van der Waals surface area contributed by atoms with E-state index in [9.17, 15) is 22.8 Å². The maximum Gasteiger partial charge on any atom is 0.416 e. The third-order valence-corrected chi connectivity index (χ3v) is 7.14. The zero-order valence-corrected chi connectivity index (χ0v) is 21.2. The third kappa shape index (κ3) is 5.74. The first-order chi connectivity index (χ1) is 18.6. The first kappa shape index (κ1) is 26.3. The van der Waals surface area contributed by atoms with E-state index in [1.807, 2.05) is 22.7 Å². The smallest absolute Gasteiger partial charge is 0.416 e. The number of alkyl halides is 3. The van der Waals surface area contributed by atoms with Gasteiger partial charge in [0.15, 0.2) is 0 Å². The molecule has 0 saturated carbocycles. The van der Waals surface area contributed by atoms with Crippen LogP contribution in [0, 0.1) is 12.8 Å². The first-order valence-electron chi connectivity index (χ1n) is 12.6. The molecule has 2 N–H and O–H groups in total. The highest BCUT2D eigenvalue weighted by Gasteiger charge is 2.30. The van der Waals surface area contributed by atoms with Gasteiger partial charge in [-0.25, -0.2) is 0 Å². The second kappa shape index (κ2) is 10.4. The minimum absolute atomic E-state index is 0.0750. The summed E-state index contributed by atoms with van der Waals surface area (Å²) in [6.45, 7) is 3.84. The molecule has 7 nitrogen and oxygen atoms in total. The van der Waals surface area contributed by atoms with E-state index in [2.05, 4.69) is 5.10 Å². The van der Waals surface area contributed by atoms with Crippen LogP contribution in [0.1, 0.15) is 44.7 Å². The van der Waals surface area contributed by atoms with Gasteiger partial charge in [0.1, 0.15) is 11.5 Å². The van der Waals surface area contributed by atoms with Crippen molar-refractivity contribution < 1.29 is 27.5 Å². The summed E-state index contributed by atoms with van der Waals surface area (Å²) >= 11 is 0. The van der Waals surface area contributed by atoms with Crippen LogP contribution in [-0.4, -0.2) is 39.6 Å². The molecule has 1 fully saturated rings. The summed E-state index contributed by atoms with van der Waals surface area (Å²) in [7, 11) is 0. The third-order valence-electron chi connectivity index (χ3n) is 7.14. The number of ether oxygens (including phenoxy) is 1. The van der Waals surface area contributed by atoms with Gasteiger partial charge in [0.2, 0.25) is 5.91 Å². The molecule has 1 aliphatic rings. The SMILES string of the molecule is Cc1c(C(N)=O)ccc2nn(CC3CCN(C(=O)c4ccc(Oc5ccc(C(F)(F)F)cc5)cc4)CC3)cc12. The van der Waals surface area contributed by atoms with Crippen molar-refractivity contribution in [2.24, 2.45) is 11.7 Å². The van der Waals surface area contributed by atoms with Crippen molar-refractivity contribution in [1.82, 2.24) is 14.7 Å². The molecule has 39 heavy (non-hydrogen) atoms. The number of hydrogen-bond acceptors (Lipinski definition) is 4. The van der Waals surface area contributed by atoms with Crippen molar-refractivity contribution in [3.05, 3.63) is 89.1 Å². The summed E-state index contributed by atoms with van der Waals surface area (Å²) in [4.78, 5) is 26.5. The molecule has 0 aliphatic carbocycles. The van der Waals surface area contributed by atoms with Crippen molar-refractivity contribution in [3.63, 3.8) is 0 Å². The summed E-state index contributed by atoms with van der Waals surface area (Å²) < 4.78 is 45.7. The van der Waals surface area contributed by atoms with Gasteiger partial charge in [0.25, 0.3) is 5.91 Å². The van der Waals surface area contributed by atoms with Gasteiger partial charge in [-0.2, -0.15) is 18.3 Å². The van der Waals surface area contributed by atoms with Gasteiger partial charge in [0.05, 0.1) is 11.1 Å². The highest BCUT2D eigenvalue weighted by atomic mass is 19.4. The Hall–Kier alpha value is -4.34. The van der Waals surface area contributed by atoms with Crippen molar-refractivity contribution in [3.8, 4) is 11.5 Å². The average molecular weight is 537 g/mol. The molecule has 5 rings (SSSR count). The van der Waals surface area contributed by atoms with E-state index in [0.29, 0.717) is 35.9 Å². The molecule has 1 aromatic heterocycles. The molecule has 2 amide bonds. The van der Waals surface area contributed by atoms with Gasteiger partial charge in [-0.1, -0.05) is 0 Å². The number of piperidine rings is 1. The Kier molecular flexibility index (Phi) is 7.03. The van der Waals surface area contributed by atoms with Crippen LogP contribution in [-0.2, 0) is 12.7 Å². The Balaban J connectivity index is 1.15. The summed E-state index contributed by atoms with van der Waals surface area (Å²) in [5.74, 6) is 0.528. The van der Waals surface area contributed by atoms with Crippen LogP contribution >= 0.6 is 0 Å². The first-order valence-corrected chi connectivity index (χ1v) is 12.6. The maximum absolute atomic E-state index is 13.0. The van der Waals surface area contributed by atoms with Gasteiger partial charge in [-0.15, -0.1) is 0 Å². The zero-order chi connectivity index (χ0) is 27.7. The van der Waals surface area contributed by atoms with Crippen molar-refractivity contribution >= 4 is 22.7 Å². The van der Waals surface area contributed by atoms with E-state index in [-0.39, 0.29) is 11.7 Å². The number of carbonyl (C=O) groups is 2. The normalized spacial score (nSPS) is 14.5. The lowest BCUT2D eigenvalue weighted by Crippen LogP contribution is -2.39. The quantitative estimate of drug-likeness (QED) is 0.337. The number of halogens is 3. The van der Waals surface area contributed by atoms with Gasteiger partial charge in [-0.05, 0) is 91.9 Å². The Morgan fingerprint density at radius 1 is 0.974 bits per heavy atom. The molecule has 0 bridgehead atoms. The Morgan fingerprint density at radius 2 is 1.59 bits per heavy atom.